The smallest absolute Gasteiger partial charge is 0.758 e. The fraction of sp³-hybridized carbons (Fsp3) is 0.333. The molecule has 85 heavy (non-hydrogen) atoms. The van der Waals surface area contributed by atoms with E-state index in [1.807, 2.05) is 282 Å². The molecule has 0 radical (unpaired) electrons. The van der Waals surface area contributed by atoms with Crippen LogP contribution in [0.1, 0.15) is 125 Å². The van der Waals surface area contributed by atoms with E-state index in [-0.39, 0.29) is 41.7 Å². The van der Waals surface area contributed by atoms with Crippen molar-refractivity contribution in [2.75, 3.05) is 30.4 Å². The van der Waals surface area contributed by atoms with Gasteiger partial charge < -0.3 is 41.1 Å². The Labute approximate surface area is 540 Å². The molecule has 0 atom stereocenters. The Morgan fingerprint density at radius 1 is 0.235 bits per heavy atom. The zero-order chi connectivity index (χ0) is 62.1. The van der Waals surface area contributed by atoms with Gasteiger partial charge in [-0.25, -0.2) is 0 Å². The molecule has 8 aromatic carbocycles. The summed E-state index contributed by atoms with van der Waals surface area (Å²) in [6.07, 6.45) is 0. The summed E-state index contributed by atoms with van der Waals surface area (Å²) < 4.78 is 0. The van der Waals surface area contributed by atoms with Crippen molar-refractivity contribution < 1.29 is 52.2 Å². The van der Waals surface area contributed by atoms with Gasteiger partial charge >= 0.3 is 41.7 Å². The summed E-state index contributed by atoms with van der Waals surface area (Å²) in [5, 5.41) is 83.2. The number of anilines is 6. The number of benzene rings is 8. The first-order valence-corrected chi connectivity index (χ1v) is 28.7. The third kappa shape index (κ3) is 15.8. The van der Waals surface area contributed by atoms with Crippen molar-refractivity contribution in [1.82, 2.24) is 0 Å². The van der Waals surface area contributed by atoms with Gasteiger partial charge in [0.2, 0.25) is 0 Å². The summed E-state index contributed by atoms with van der Waals surface area (Å²) in [4.78, 5) is 0. The second-order valence-electron chi connectivity index (χ2n) is 27.5. The van der Waals surface area contributed by atoms with Crippen molar-refractivity contribution in [3.63, 3.8) is 0 Å². The molecule has 2 N–H and O–H groups in total. The van der Waals surface area contributed by atoms with Gasteiger partial charge in [-0.05, 0) is 231 Å². The molecule has 0 saturated heterocycles. The summed E-state index contributed by atoms with van der Waals surface area (Å²) in [6.45, 7) is 34.4. The first-order valence-electron chi connectivity index (χ1n) is 28.7. The fourth-order valence-corrected chi connectivity index (χ4v) is 9.74. The summed E-state index contributed by atoms with van der Waals surface area (Å²) in [5.41, 5.74) is 9.77. The van der Waals surface area contributed by atoms with Gasteiger partial charge in [0.05, 0.1) is 22.5 Å². The molecule has 0 aliphatic heterocycles. The number of para-hydroxylation sites is 6. The van der Waals surface area contributed by atoms with Crippen molar-refractivity contribution in [3.8, 4) is 66.8 Å². The second kappa shape index (κ2) is 26.4. The monoisotopic (exact) mass is 1270 g/mol. The topological polar surface area (TPSA) is 152 Å². The number of rotatable bonds is 12. The molecule has 12 nitrogen and oxygen atoms in total. The Morgan fingerprint density at radius 2 is 0.376 bits per heavy atom. The van der Waals surface area contributed by atoms with Crippen molar-refractivity contribution in [3.05, 3.63) is 203 Å². The minimum atomic E-state index is -0.643. The van der Waals surface area contributed by atoms with E-state index >= 15 is 0 Å². The van der Waals surface area contributed by atoms with E-state index in [9.17, 15) is 31.2 Å². The zero-order valence-corrected chi connectivity index (χ0v) is 56.2. The Kier molecular flexibility index (Phi) is 21.0. The normalized spacial score (nSPS) is 12.1. The minimum absolute atomic E-state index is 0. The van der Waals surface area contributed by atoms with Gasteiger partial charge in [-0.2, -0.15) is 0 Å². The van der Waals surface area contributed by atoms with Crippen LogP contribution in [0.15, 0.2) is 182 Å². The van der Waals surface area contributed by atoms with E-state index in [4.69, 9.17) is 0 Å². The van der Waals surface area contributed by atoms with Gasteiger partial charge in [0.1, 0.15) is 0 Å². The molecule has 0 heterocycles. The van der Waals surface area contributed by atoms with Crippen LogP contribution in [0.4, 0.5) is 34.1 Å². The van der Waals surface area contributed by atoms with E-state index in [2.05, 4.69) is 24.3 Å². The third-order valence-corrected chi connectivity index (χ3v) is 14.2. The molecular weight excluding hydrogens is 1180 g/mol. The molecule has 8 rings (SSSR count). The van der Waals surface area contributed by atoms with Crippen LogP contribution in [-0.4, -0.2) is 43.6 Å². The van der Waals surface area contributed by atoms with E-state index < -0.39 is 33.2 Å². The Hall–Kier alpha value is -6.30. The van der Waals surface area contributed by atoms with Crippen LogP contribution in [0.2, 0.25) is 0 Å². The van der Waals surface area contributed by atoms with E-state index in [0.717, 1.165) is 87.0 Å². The van der Waals surface area contributed by atoms with Crippen LogP contribution in [0, 0.1) is 62.6 Å². The number of hydrogen-bond donors (Lipinski definition) is 2. The summed E-state index contributed by atoms with van der Waals surface area (Å²) >= 11 is 0. The maximum Gasteiger partial charge on any atom is 4.00 e. The molecule has 0 aliphatic rings. The molecule has 0 aliphatic carbocycles. The predicted molar refractivity (Wildman–Crippen MR) is 356 cm³/mol. The van der Waals surface area contributed by atoms with E-state index in [0.29, 0.717) is 34.1 Å². The van der Waals surface area contributed by atoms with Crippen molar-refractivity contribution >= 4 is 34.1 Å². The van der Waals surface area contributed by atoms with Crippen molar-refractivity contribution in [1.29, 1.82) is 0 Å². The second-order valence-corrected chi connectivity index (χ2v) is 27.5. The Bertz CT molecular complexity index is 2940. The SMILES string of the molecule is CC(C)(C)N([O-])c1ccccc1-c1cc(-c2ccccc2N([O-])C(C)(C)C)cc(-c2ccccc2N(O)C(C)(C)C)c1.CC(C)(C)N([O-])c1ccccc1-c1cc(-c2ccccc2N([O-])C(C)(C)C)cc(-c2ccccc2N(O)C(C)(C)C)c1.[Ce+4]. The van der Waals surface area contributed by atoms with Gasteiger partial charge in [0, 0.05) is 78.3 Å². The Morgan fingerprint density at radius 3 is 0.529 bits per heavy atom. The van der Waals surface area contributed by atoms with E-state index in [1.54, 1.807) is 0 Å². The molecule has 13 heteroatoms. The van der Waals surface area contributed by atoms with Gasteiger partial charge in [-0.3, -0.25) is 20.5 Å². The molecule has 8 aromatic rings. The maximum absolute atomic E-state index is 13.5. The van der Waals surface area contributed by atoms with Crippen LogP contribution in [0.3, 0.4) is 0 Å². The largest absolute Gasteiger partial charge is 4.00 e. The van der Waals surface area contributed by atoms with Crippen LogP contribution in [0.25, 0.3) is 66.8 Å². The van der Waals surface area contributed by atoms with Crippen LogP contribution >= 0.6 is 0 Å². The third-order valence-electron chi connectivity index (χ3n) is 14.2. The molecule has 0 unspecified atom stereocenters. The summed E-state index contributed by atoms with van der Waals surface area (Å²) in [6, 6.07) is 58.1. The fourth-order valence-electron chi connectivity index (χ4n) is 9.74. The molecule has 0 fully saturated rings. The van der Waals surface area contributed by atoms with Gasteiger partial charge in [-0.1, -0.05) is 109 Å². The molecule has 0 saturated carbocycles. The van der Waals surface area contributed by atoms with E-state index in [1.165, 1.54) is 10.1 Å². The minimum Gasteiger partial charge on any atom is -0.758 e. The maximum atomic E-state index is 13.5. The van der Waals surface area contributed by atoms with Gasteiger partial charge in [0.25, 0.3) is 0 Å². The number of hydrogen-bond acceptors (Lipinski definition) is 12. The standard InChI is InChI=1S/2C36H43N3O3.Ce/c2*1-34(2,3)37(40)31-19-13-10-16-28(31)25-22-26(29-17-11-14-20-32(29)38(41)35(4,5)6)24-27(23-25)30-18-12-15-21-33(30)39(42)36(7,8)9;/h2*10-24,40H,1-9H3;/q2*-2;+4. The number of nitrogens with zero attached hydrogens (tertiary/aromatic N) is 6. The van der Waals surface area contributed by atoms with Gasteiger partial charge in [0.15, 0.2) is 0 Å². The summed E-state index contributed by atoms with van der Waals surface area (Å²) in [7, 11) is 0. The van der Waals surface area contributed by atoms with Gasteiger partial charge in [-0.15, -0.1) is 0 Å². The average Bonchev–Trinajstić information content (AvgIpc) is 1.77. The van der Waals surface area contributed by atoms with Crippen LogP contribution < -0.4 is 30.4 Å². The van der Waals surface area contributed by atoms with Crippen LogP contribution in [-0.2, 0) is 0 Å². The first kappa shape index (κ1) is 67.8. The van der Waals surface area contributed by atoms with Crippen molar-refractivity contribution in [2.45, 2.75) is 158 Å². The predicted octanol–water partition coefficient (Wildman–Crippen LogP) is 19.8. The van der Waals surface area contributed by atoms with Crippen molar-refractivity contribution in [2.24, 2.45) is 0 Å². The molecule has 0 amide bonds. The summed E-state index contributed by atoms with van der Waals surface area (Å²) in [5.74, 6) is 0. The molecule has 444 valence electrons. The average molecular weight is 1270 g/mol. The first-order chi connectivity index (χ1) is 39.0. The zero-order valence-electron chi connectivity index (χ0n) is 53.0. The van der Waals surface area contributed by atoms with Crippen LogP contribution in [0.5, 0.6) is 0 Å². The number of hydroxylamine groups is 6. The molecule has 0 aromatic heterocycles. The molecular formula is C72H86CeN6O6. The molecule has 0 bridgehead atoms. The quantitative estimate of drug-likeness (QED) is 0.112. The Balaban J connectivity index is 0.000000269. The molecule has 0 spiro atoms.